The summed E-state index contributed by atoms with van der Waals surface area (Å²) in [6, 6.07) is 15.7. The lowest BCUT2D eigenvalue weighted by Crippen LogP contribution is -2.43. The number of hydrogen-bond acceptors (Lipinski definition) is 8. The number of phenols is 1. The number of amides is 4. The van der Waals surface area contributed by atoms with Gasteiger partial charge in [0.1, 0.15) is 0 Å². The zero-order valence-corrected chi connectivity index (χ0v) is 27.1. The average molecular weight is 667 g/mol. The van der Waals surface area contributed by atoms with Crippen LogP contribution in [0.3, 0.4) is 0 Å². The van der Waals surface area contributed by atoms with E-state index in [-0.39, 0.29) is 46.8 Å². The number of benzene rings is 3. The number of Topliss-reactive ketones (excluding diaryl/α,β-unsaturated/α-hetero) is 2. The molecule has 3 aromatic carbocycles. The summed E-state index contributed by atoms with van der Waals surface area (Å²) in [5.41, 5.74) is 2.86. The SMILES string of the molecule is COc1cc([C@H]2C3=CC[C@@H]4C(=O)N(c5ccc(C(C)=O)cc5)C(=O)[C@@H]4[C@@H]3C[C@H]3C(=O)N(c4ccc(C(C)=O)cc4)C(=O)[C@@H]23)cc(Cl)c1O. The number of carbonyl (C=O) groups is 6. The third kappa shape index (κ3) is 4.69. The fourth-order valence-electron chi connectivity index (χ4n) is 8.09. The van der Waals surface area contributed by atoms with E-state index in [2.05, 4.69) is 0 Å². The van der Waals surface area contributed by atoms with Gasteiger partial charge in [-0.3, -0.25) is 38.6 Å². The fourth-order valence-corrected chi connectivity index (χ4v) is 8.31. The van der Waals surface area contributed by atoms with E-state index < -0.39 is 53.2 Å². The van der Waals surface area contributed by atoms with Gasteiger partial charge in [-0.1, -0.05) is 23.3 Å². The normalized spacial score (nSPS) is 26.2. The van der Waals surface area contributed by atoms with Crippen molar-refractivity contribution in [3.8, 4) is 11.5 Å². The quantitative estimate of drug-likeness (QED) is 0.207. The van der Waals surface area contributed by atoms with Gasteiger partial charge >= 0.3 is 0 Å². The number of fused-ring (bicyclic) bond motifs is 4. The minimum Gasteiger partial charge on any atom is -0.503 e. The van der Waals surface area contributed by atoms with Crippen molar-refractivity contribution in [2.45, 2.75) is 32.6 Å². The van der Waals surface area contributed by atoms with Gasteiger partial charge in [-0.2, -0.15) is 0 Å². The van der Waals surface area contributed by atoms with E-state index in [1.807, 2.05) is 6.08 Å². The van der Waals surface area contributed by atoms with Crippen LogP contribution in [0.4, 0.5) is 11.4 Å². The molecular weight excluding hydrogens is 636 g/mol. The summed E-state index contributed by atoms with van der Waals surface area (Å²) in [6.45, 7) is 2.86. The first-order chi connectivity index (χ1) is 22.9. The van der Waals surface area contributed by atoms with Gasteiger partial charge in [-0.15, -0.1) is 0 Å². The number of rotatable bonds is 6. The predicted molar refractivity (Wildman–Crippen MR) is 175 cm³/mol. The molecule has 0 aromatic heterocycles. The van der Waals surface area contributed by atoms with Gasteiger partial charge in [0.25, 0.3) is 0 Å². The van der Waals surface area contributed by atoms with E-state index >= 15 is 0 Å². The summed E-state index contributed by atoms with van der Waals surface area (Å²) < 4.78 is 5.39. The van der Waals surface area contributed by atoms with E-state index in [1.54, 1.807) is 60.7 Å². The number of phenolic OH excluding ortho intramolecular Hbond substituents is 1. The van der Waals surface area contributed by atoms with Crippen LogP contribution < -0.4 is 14.5 Å². The van der Waals surface area contributed by atoms with Crippen molar-refractivity contribution in [3.05, 3.63) is 94.0 Å². The predicted octanol–water partition coefficient (Wildman–Crippen LogP) is 5.50. The van der Waals surface area contributed by atoms with Crippen LogP contribution in [0.2, 0.25) is 5.02 Å². The Labute approximate surface area is 280 Å². The molecule has 10 nitrogen and oxygen atoms in total. The zero-order chi connectivity index (χ0) is 34.2. The minimum atomic E-state index is -0.864. The van der Waals surface area contributed by atoms with Gasteiger partial charge in [0.15, 0.2) is 23.1 Å². The van der Waals surface area contributed by atoms with E-state index in [4.69, 9.17) is 16.3 Å². The molecule has 3 aromatic rings. The zero-order valence-electron chi connectivity index (χ0n) is 26.3. The second-order valence-electron chi connectivity index (χ2n) is 12.8. The minimum absolute atomic E-state index is 0.00179. The molecule has 1 saturated carbocycles. The van der Waals surface area contributed by atoms with E-state index in [9.17, 15) is 33.9 Å². The standard InChI is InChI=1S/C37H31ClN2O8/c1-17(41)19-4-8-22(9-5-19)39-34(44)25-13-12-24-26(31(25)36(39)46)16-27-32(30(24)21-14-28(38)33(43)29(15-21)48-3)37(47)40(35(27)45)23-10-6-20(7-11-23)18(2)42/h4-12,14-15,25-27,30-32,43H,13,16H2,1-3H3/t25-,26+,27+,30-,31-,32+/m0/s1. The Morgan fingerprint density at radius 3 is 1.79 bits per heavy atom. The molecule has 3 fully saturated rings. The Kier molecular flexibility index (Phi) is 7.58. The molecule has 4 amide bonds. The van der Waals surface area contributed by atoms with Crippen molar-refractivity contribution in [1.82, 2.24) is 0 Å². The van der Waals surface area contributed by atoms with Crippen LogP contribution in [-0.4, -0.2) is 47.4 Å². The van der Waals surface area contributed by atoms with Crippen LogP contribution in [0.5, 0.6) is 11.5 Å². The molecule has 48 heavy (non-hydrogen) atoms. The number of carbonyl (C=O) groups excluding carboxylic acids is 6. The van der Waals surface area contributed by atoms with E-state index in [0.29, 0.717) is 28.1 Å². The number of allylic oxidation sites excluding steroid dienone is 2. The largest absolute Gasteiger partial charge is 0.503 e. The maximum atomic E-state index is 14.3. The Morgan fingerprint density at radius 1 is 0.750 bits per heavy atom. The summed E-state index contributed by atoms with van der Waals surface area (Å²) in [4.78, 5) is 82.6. The van der Waals surface area contributed by atoms with Crippen molar-refractivity contribution in [2.75, 3.05) is 16.9 Å². The number of ketones is 2. The molecule has 0 unspecified atom stereocenters. The third-order valence-corrected chi connectivity index (χ3v) is 10.6. The second-order valence-corrected chi connectivity index (χ2v) is 13.2. The second kappa shape index (κ2) is 11.6. The van der Waals surface area contributed by atoms with E-state index in [1.165, 1.54) is 25.9 Å². The summed E-state index contributed by atoms with van der Waals surface area (Å²) in [5, 5.41) is 10.5. The molecule has 244 valence electrons. The summed E-state index contributed by atoms with van der Waals surface area (Å²) in [6.07, 6.45) is 2.33. The van der Waals surface area contributed by atoms with Crippen LogP contribution in [0.1, 0.15) is 58.9 Å². The number of aromatic hydroxyl groups is 1. The monoisotopic (exact) mass is 666 g/mol. The molecule has 2 saturated heterocycles. The number of anilines is 2. The number of imide groups is 2. The van der Waals surface area contributed by atoms with Gasteiger partial charge in [0.05, 0.1) is 47.2 Å². The first-order valence-electron chi connectivity index (χ1n) is 15.7. The molecule has 0 radical (unpaired) electrons. The van der Waals surface area contributed by atoms with Crippen molar-refractivity contribution < 1.29 is 38.6 Å². The highest BCUT2D eigenvalue weighted by molar-refractivity contribution is 6.32. The molecule has 6 atom stereocenters. The topological polar surface area (TPSA) is 138 Å². The van der Waals surface area contributed by atoms with Crippen LogP contribution in [0, 0.1) is 29.6 Å². The highest BCUT2D eigenvalue weighted by Crippen LogP contribution is 2.59. The molecule has 1 N–H and O–H groups in total. The number of nitrogens with zero attached hydrogens (tertiary/aromatic N) is 2. The molecule has 0 spiro atoms. The maximum absolute atomic E-state index is 14.3. The van der Waals surface area contributed by atoms with Gasteiger partial charge in [0, 0.05) is 17.0 Å². The lowest BCUT2D eigenvalue weighted by Gasteiger charge is -2.44. The average Bonchev–Trinajstić information content (AvgIpc) is 3.48. The number of methoxy groups -OCH3 is 1. The Balaban J connectivity index is 1.33. The van der Waals surface area contributed by atoms with Crippen LogP contribution >= 0.6 is 11.6 Å². The van der Waals surface area contributed by atoms with Crippen molar-refractivity contribution in [2.24, 2.45) is 29.6 Å². The van der Waals surface area contributed by atoms with E-state index in [0.717, 1.165) is 10.5 Å². The smallest absolute Gasteiger partial charge is 0.238 e. The summed E-state index contributed by atoms with van der Waals surface area (Å²) in [7, 11) is 1.38. The van der Waals surface area contributed by atoms with Crippen LogP contribution in [0.25, 0.3) is 0 Å². The number of halogens is 1. The first kappa shape index (κ1) is 31.5. The lowest BCUT2D eigenvalue weighted by atomic mass is 9.57. The molecule has 7 rings (SSSR count). The Bertz CT molecular complexity index is 1970. The van der Waals surface area contributed by atoms with Crippen LogP contribution in [-0.2, 0) is 19.2 Å². The molecule has 0 bridgehead atoms. The highest BCUT2D eigenvalue weighted by atomic mass is 35.5. The number of hydrogen-bond donors (Lipinski definition) is 1. The highest BCUT2D eigenvalue weighted by Gasteiger charge is 2.62. The molecule has 2 aliphatic carbocycles. The molecule has 2 heterocycles. The third-order valence-electron chi connectivity index (χ3n) is 10.3. The first-order valence-corrected chi connectivity index (χ1v) is 16.0. The molecule has 2 aliphatic heterocycles. The van der Waals surface area contributed by atoms with Crippen LogP contribution in [0.15, 0.2) is 72.3 Å². The molecule has 11 heteroatoms. The van der Waals surface area contributed by atoms with Gasteiger partial charge in [-0.05, 0) is 98.8 Å². The van der Waals surface area contributed by atoms with Gasteiger partial charge in [-0.25, -0.2) is 0 Å². The fraction of sp³-hybridized carbons (Fsp3) is 0.297. The van der Waals surface area contributed by atoms with Crippen molar-refractivity contribution >= 4 is 58.2 Å². The van der Waals surface area contributed by atoms with Crippen molar-refractivity contribution in [1.29, 1.82) is 0 Å². The van der Waals surface area contributed by atoms with Gasteiger partial charge < -0.3 is 9.84 Å². The molecule has 4 aliphatic rings. The maximum Gasteiger partial charge on any atom is 0.238 e. The summed E-state index contributed by atoms with van der Waals surface area (Å²) >= 11 is 6.45. The Hall–Kier alpha value is -5.09. The summed E-state index contributed by atoms with van der Waals surface area (Å²) in [5.74, 6) is -6.52. The number of ether oxygens (including phenoxy) is 1. The molecular formula is C37H31ClN2O8. The lowest BCUT2D eigenvalue weighted by molar-refractivity contribution is -0.126. The Morgan fingerprint density at radius 2 is 1.27 bits per heavy atom. The van der Waals surface area contributed by atoms with Crippen molar-refractivity contribution in [3.63, 3.8) is 0 Å². The van der Waals surface area contributed by atoms with Gasteiger partial charge in [0.2, 0.25) is 23.6 Å².